The Balaban J connectivity index is 1.99. The molecule has 0 spiro atoms. The summed E-state index contributed by atoms with van der Waals surface area (Å²) in [6.45, 7) is 2.13. The number of hydrogen-bond acceptors (Lipinski definition) is 1. The van der Waals surface area contributed by atoms with Gasteiger partial charge in [-0.1, -0.05) is 78.4 Å². The van der Waals surface area contributed by atoms with E-state index in [1.54, 1.807) is 0 Å². The summed E-state index contributed by atoms with van der Waals surface area (Å²) < 4.78 is 0. The predicted octanol–water partition coefficient (Wildman–Crippen LogP) is 5.20. The number of para-hydroxylation sites is 1. The van der Waals surface area contributed by atoms with Crippen molar-refractivity contribution >= 4 is 5.69 Å². The molecule has 1 heteroatoms. The van der Waals surface area contributed by atoms with Crippen molar-refractivity contribution in [1.82, 2.24) is 0 Å². The third-order valence-corrected chi connectivity index (χ3v) is 3.59. The van der Waals surface area contributed by atoms with Crippen molar-refractivity contribution < 1.29 is 0 Å². The van der Waals surface area contributed by atoms with Gasteiger partial charge in [0.05, 0.1) is 6.04 Å². The van der Waals surface area contributed by atoms with Crippen LogP contribution in [0.4, 0.5) is 5.69 Å². The van der Waals surface area contributed by atoms with Gasteiger partial charge in [0.1, 0.15) is 0 Å². The number of hydrogen-bond donors (Lipinski definition) is 1. The monoisotopic (exact) mass is 273 g/mol. The summed E-state index contributed by atoms with van der Waals surface area (Å²) in [7, 11) is 0. The maximum absolute atomic E-state index is 3.64. The summed E-state index contributed by atoms with van der Waals surface area (Å²) >= 11 is 0. The first kappa shape index (κ1) is 13.4. The quantitative estimate of drug-likeness (QED) is 0.689. The minimum atomic E-state index is 0.161. The molecule has 0 bridgehead atoms. The number of aryl methyl sites for hydroxylation is 1. The Hall–Kier alpha value is -2.54. The summed E-state index contributed by atoms with van der Waals surface area (Å²) in [5.74, 6) is 0. The molecule has 0 aliphatic carbocycles. The van der Waals surface area contributed by atoms with Crippen LogP contribution < -0.4 is 5.32 Å². The fourth-order valence-corrected chi connectivity index (χ4v) is 2.56. The van der Waals surface area contributed by atoms with Crippen LogP contribution >= 0.6 is 0 Å². The van der Waals surface area contributed by atoms with Gasteiger partial charge in [-0.15, -0.1) is 0 Å². The molecule has 1 nitrogen and oxygen atoms in total. The Morgan fingerprint density at radius 3 is 1.95 bits per heavy atom. The largest absolute Gasteiger partial charge is 0.374 e. The molecule has 0 fully saturated rings. The van der Waals surface area contributed by atoms with Crippen LogP contribution in [0.2, 0.25) is 0 Å². The normalized spacial score (nSPS) is 11.9. The molecule has 0 heterocycles. The summed E-state index contributed by atoms with van der Waals surface area (Å²) in [6.07, 6.45) is 0. The second-order valence-corrected chi connectivity index (χ2v) is 5.27. The Morgan fingerprint density at radius 2 is 1.29 bits per heavy atom. The van der Waals surface area contributed by atoms with E-state index in [1.165, 1.54) is 16.7 Å². The summed E-state index contributed by atoms with van der Waals surface area (Å²) in [5.41, 5.74) is 4.97. The molecule has 21 heavy (non-hydrogen) atoms. The molecule has 0 aromatic heterocycles. The molecule has 0 amide bonds. The van der Waals surface area contributed by atoms with Gasteiger partial charge in [0.15, 0.2) is 0 Å². The first-order valence-electron chi connectivity index (χ1n) is 7.26. The van der Waals surface area contributed by atoms with Gasteiger partial charge in [-0.05, 0) is 30.2 Å². The highest BCUT2D eigenvalue weighted by atomic mass is 14.9. The number of anilines is 1. The van der Waals surface area contributed by atoms with Gasteiger partial charge in [0.2, 0.25) is 0 Å². The predicted molar refractivity (Wildman–Crippen MR) is 89.5 cm³/mol. The third kappa shape index (κ3) is 3.32. The minimum Gasteiger partial charge on any atom is -0.374 e. The van der Waals surface area contributed by atoms with E-state index in [1.807, 2.05) is 6.07 Å². The Bertz CT molecular complexity index is 689. The lowest BCUT2D eigenvalue weighted by Crippen LogP contribution is -2.12. The lowest BCUT2D eigenvalue weighted by atomic mass is 9.97. The van der Waals surface area contributed by atoms with E-state index in [-0.39, 0.29) is 6.04 Å². The average molecular weight is 273 g/mol. The van der Waals surface area contributed by atoms with Crippen LogP contribution in [0, 0.1) is 6.92 Å². The van der Waals surface area contributed by atoms with Gasteiger partial charge in [-0.25, -0.2) is 0 Å². The van der Waals surface area contributed by atoms with Crippen molar-refractivity contribution in [2.45, 2.75) is 13.0 Å². The molecular formula is C20H19N. The lowest BCUT2D eigenvalue weighted by Gasteiger charge is -2.21. The van der Waals surface area contributed by atoms with Crippen LogP contribution in [0.5, 0.6) is 0 Å². The van der Waals surface area contributed by atoms with Crippen molar-refractivity contribution in [2.24, 2.45) is 0 Å². The van der Waals surface area contributed by atoms with Crippen LogP contribution in [0.1, 0.15) is 22.7 Å². The molecule has 3 rings (SSSR count). The minimum absolute atomic E-state index is 0.161. The average Bonchev–Trinajstić information content (AvgIpc) is 2.54. The van der Waals surface area contributed by atoms with E-state index in [0.717, 1.165) is 5.69 Å². The number of rotatable bonds is 4. The molecule has 3 aromatic rings. The van der Waals surface area contributed by atoms with Crippen molar-refractivity contribution in [2.75, 3.05) is 5.32 Å². The van der Waals surface area contributed by atoms with Crippen molar-refractivity contribution in [3.8, 4) is 0 Å². The van der Waals surface area contributed by atoms with E-state index in [2.05, 4.69) is 91.1 Å². The first-order chi connectivity index (χ1) is 10.3. The van der Waals surface area contributed by atoms with Crippen LogP contribution in [0.15, 0.2) is 84.9 Å². The number of nitrogens with one attached hydrogen (secondary N) is 1. The van der Waals surface area contributed by atoms with Gasteiger partial charge in [-0.2, -0.15) is 0 Å². The maximum Gasteiger partial charge on any atom is 0.0767 e. The zero-order chi connectivity index (χ0) is 14.5. The van der Waals surface area contributed by atoms with Gasteiger partial charge in [0.25, 0.3) is 0 Å². The first-order valence-corrected chi connectivity index (χ1v) is 7.26. The highest BCUT2D eigenvalue weighted by molar-refractivity contribution is 5.49. The molecule has 0 radical (unpaired) electrons. The molecule has 104 valence electrons. The Morgan fingerprint density at radius 1 is 0.667 bits per heavy atom. The Labute approximate surface area is 126 Å². The maximum atomic E-state index is 3.64. The summed E-state index contributed by atoms with van der Waals surface area (Å²) in [4.78, 5) is 0. The molecule has 0 aliphatic rings. The zero-order valence-electron chi connectivity index (χ0n) is 12.2. The second-order valence-electron chi connectivity index (χ2n) is 5.27. The molecule has 0 saturated heterocycles. The lowest BCUT2D eigenvalue weighted by molar-refractivity contribution is 0.937. The van der Waals surface area contributed by atoms with Gasteiger partial charge < -0.3 is 5.32 Å². The van der Waals surface area contributed by atoms with Crippen LogP contribution in [-0.2, 0) is 0 Å². The molecule has 1 atom stereocenters. The Kier molecular flexibility index (Phi) is 4.02. The third-order valence-electron chi connectivity index (χ3n) is 3.59. The molecule has 0 saturated carbocycles. The van der Waals surface area contributed by atoms with Crippen LogP contribution in [0.3, 0.4) is 0 Å². The van der Waals surface area contributed by atoms with Crippen molar-refractivity contribution in [3.05, 3.63) is 102 Å². The van der Waals surface area contributed by atoms with Gasteiger partial charge in [0, 0.05) is 5.69 Å². The van der Waals surface area contributed by atoms with E-state index >= 15 is 0 Å². The van der Waals surface area contributed by atoms with Crippen LogP contribution in [-0.4, -0.2) is 0 Å². The summed E-state index contributed by atoms with van der Waals surface area (Å²) in [6, 6.07) is 29.8. The smallest absolute Gasteiger partial charge is 0.0767 e. The molecular weight excluding hydrogens is 254 g/mol. The second kappa shape index (κ2) is 6.27. The van der Waals surface area contributed by atoms with E-state index in [9.17, 15) is 0 Å². The van der Waals surface area contributed by atoms with Crippen LogP contribution in [0.25, 0.3) is 0 Å². The van der Waals surface area contributed by atoms with Crippen molar-refractivity contribution in [1.29, 1.82) is 0 Å². The summed E-state index contributed by atoms with van der Waals surface area (Å²) in [5, 5.41) is 3.64. The van der Waals surface area contributed by atoms with E-state index in [0.29, 0.717) is 0 Å². The topological polar surface area (TPSA) is 12.0 Å². The standard InChI is InChI=1S/C20H19N/c1-16-9-8-12-18(15-16)20(17-10-4-2-5-11-17)21-19-13-6-3-7-14-19/h2-15,20-21H,1H3. The SMILES string of the molecule is Cc1cccc(C(Nc2ccccc2)c2ccccc2)c1. The highest BCUT2D eigenvalue weighted by Gasteiger charge is 2.13. The molecule has 1 unspecified atom stereocenters. The molecule has 0 aliphatic heterocycles. The molecule has 3 aromatic carbocycles. The fourth-order valence-electron chi connectivity index (χ4n) is 2.56. The fraction of sp³-hybridized carbons (Fsp3) is 0.100. The van der Waals surface area contributed by atoms with Gasteiger partial charge in [-0.3, -0.25) is 0 Å². The number of benzene rings is 3. The van der Waals surface area contributed by atoms with Crippen molar-refractivity contribution in [3.63, 3.8) is 0 Å². The van der Waals surface area contributed by atoms with Gasteiger partial charge >= 0.3 is 0 Å². The van der Waals surface area contributed by atoms with E-state index in [4.69, 9.17) is 0 Å². The zero-order valence-corrected chi connectivity index (χ0v) is 12.2. The van der Waals surface area contributed by atoms with E-state index < -0.39 is 0 Å². The molecule has 1 N–H and O–H groups in total. The highest BCUT2D eigenvalue weighted by Crippen LogP contribution is 2.27.